The molecule has 4 N–H and O–H groups in total. The van der Waals surface area contributed by atoms with E-state index in [9.17, 15) is 4.79 Å². The molecular formula is C13H20N2O2. The van der Waals surface area contributed by atoms with Gasteiger partial charge in [-0.15, -0.1) is 0 Å². The summed E-state index contributed by atoms with van der Waals surface area (Å²) in [5.74, 6) is 0.200. The Morgan fingerprint density at radius 2 is 2.06 bits per heavy atom. The molecule has 1 rings (SSSR count). The topological polar surface area (TPSA) is 75.3 Å². The van der Waals surface area contributed by atoms with Crippen LogP contribution < -0.4 is 11.1 Å². The Kier molecular flexibility index (Phi) is 5.66. The summed E-state index contributed by atoms with van der Waals surface area (Å²) in [6, 6.07) is 7.25. The molecule has 0 aliphatic heterocycles. The van der Waals surface area contributed by atoms with Crippen molar-refractivity contribution in [3.05, 3.63) is 35.4 Å². The molecule has 17 heavy (non-hydrogen) atoms. The average Bonchev–Trinajstić information content (AvgIpc) is 2.36. The lowest BCUT2D eigenvalue weighted by atomic mass is 10.1. The number of nitrogens with two attached hydrogens (primary N) is 1. The zero-order valence-electron chi connectivity index (χ0n) is 10.1. The van der Waals surface area contributed by atoms with Gasteiger partial charge in [-0.1, -0.05) is 19.1 Å². The number of hydrogen-bond donors (Lipinski definition) is 3. The highest BCUT2D eigenvalue weighted by Gasteiger charge is 2.07. The van der Waals surface area contributed by atoms with Crippen molar-refractivity contribution in [1.29, 1.82) is 0 Å². The lowest BCUT2D eigenvalue weighted by Gasteiger charge is -2.11. The minimum absolute atomic E-state index is 0.0849. The van der Waals surface area contributed by atoms with Crippen molar-refractivity contribution in [1.82, 2.24) is 5.32 Å². The molecular weight excluding hydrogens is 216 g/mol. The molecule has 1 unspecified atom stereocenters. The number of aliphatic hydroxyl groups is 1. The second kappa shape index (κ2) is 7.04. The number of carbonyl (C=O) groups is 1. The minimum atomic E-state index is -0.0849. The van der Waals surface area contributed by atoms with Crippen LogP contribution in [0.2, 0.25) is 0 Å². The Morgan fingerprint density at radius 3 is 2.59 bits per heavy atom. The van der Waals surface area contributed by atoms with Gasteiger partial charge in [-0.25, -0.2) is 0 Å². The molecule has 0 aliphatic carbocycles. The molecule has 1 atom stereocenters. The van der Waals surface area contributed by atoms with E-state index in [0.29, 0.717) is 25.1 Å². The molecule has 4 nitrogen and oxygen atoms in total. The maximum atomic E-state index is 11.7. The van der Waals surface area contributed by atoms with Gasteiger partial charge in [-0.2, -0.15) is 0 Å². The maximum Gasteiger partial charge on any atom is 0.251 e. The van der Waals surface area contributed by atoms with E-state index in [1.54, 1.807) is 12.1 Å². The first kappa shape index (κ1) is 13.7. The summed E-state index contributed by atoms with van der Waals surface area (Å²) in [5.41, 5.74) is 7.13. The van der Waals surface area contributed by atoms with Gasteiger partial charge in [-0.05, 0) is 30.0 Å². The van der Waals surface area contributed by atoms with Crippen LogP contribution in [0.1, 0.15) is 29.3 Å². The van der Waals surface area contributed by atoms with Crippen LogP contribution in [0.5, 0.6) is 0 Å². The summed E-state index contributed by atoms with van der Waals surface area (Å²) in [6.45, 7) is 3.21. The Bertz CT molecular complexity index is 349. The summed E-state index contributed by atoms with van der Waals surface area (Å²) in [6.07, 6.45) is 0.701. The number of benzene rings is 1. The van der Waals surface area contributed by atoms with Crippen molar-refractivity contribution in [2.45, 2.75) is 19.9 Å². The van der Waals surface area contributed by atoms with E-state index in [1.165, 1.54) is 0 Å². The summed E-state index contributed by atoms with van der Waals surface area (Å²) in [4.78, 5) is 11.7. The van der Waals surface area contributed by atoms with E-state index in [4.69, 9.17) is 10.8 Å². The molecule has 0 fully saturated rings. The van der Waals surface area contributed by atoms with Gasteiger partial charge < -0.3 is 16.2 Å². The van der Waals surface area contributed by atoms with Crippen molar-refractivity contribution in [3.63, 3.8) is 0 Å². The molecule has 1 amide bonds. The minimum Gasteiger partial charge on any atom is -0.396 e. The molecule has 1 aromatic carbocycles. The summed E-state index contributed by atoms with van der Waals surface area (Å²) < 4.78 is 0. The van der Waals surface area contributed by atoms with Crippen LogP contribution in [0.15, 0.2) is 24.3 Å². The second-order valence-corrected chi connectivity index (χ2v) is 4.23. The molecule has 0 aliphatic rings. The van der Waals surface area contributed by atoms with Gasteiger partial charge in [0.2, 0.25) is 0 Å². The maximum absolute atomic E-state index is 11.7. The van der Waals surface area contributed by atoms with Crippen LogP contribution in [-0.4, -0.2) is 24.2 Å². The standard InChI is InChI=1S/C13H20N2O2/c1-10(6-7-16)9-15-13(17)12-4-2-11(8-14)3-5-12/h2-5,10,16H,6-9,14H2,1H3,(H,15,17). The predicted molar refractivity (Wildman–Crippen MR) is 67.5 cm³/mol. The fourth-order valence-electron chi connectivity index (χ4n) is 1.48. The van der Waals surface area contributed by atoms with Gasteiger partial charge in [0.1, 0.15) is 0 Å². The van der Waals surface area contributed by atoms with Crippen LogP contribution in [-0.2, 0) is 6.54 Å². The van der Waals surface area contributed by atoms with Crippen LogP contribution in [0.25, 0.3) is 0 Å². The smallest absolute Gasteiger partial charge is 0.251 e. The quantitative estimate of drug-likeness (QED) is 0.686. The van der Waals surface area contributed by atoms with E-state index in [1.807, 2.05) is 19.1 Å². The third kappa shape index (κ3) is 4.54. The van der Waals surface area contributed by atoms with E-state index in [-0.39, 0.29) is 18.4 Å². The molecule has 0 bridgehead atoms. The van der Waals surface area contributed by atoms with Crippen molar-refractivity contribution in [3.8, 4) is 0 Å². The normalized spacial score (nSPS) is 12.2. The van der Waals surface area contributed by atoms with Gasteiger partial charge in [0.15, 0.2) is 0 Å². The van der Waals surface area contributed by atoms with E-state index in [0.717, 1.165) is 5.56 Å². The van der Waals surface area contributed by atoms with Crippen molar-refractivity contribution in [2.24, 2.45) is 11.7 Å². The van der Waals surface area contributed by atoms with Gasteiger partial charge in [-0.3, -0.25) is 4.79 Å². The zero-order chi connectivity index (χ0) is 12.7. The van der Waals surface area contributed by atoms with Crippen molar-refractivity contribution in [2.75, 3.05) is 13.2 Å². The fourth-order valence-corrected chi connectivity index (χ4v) is 1.48. The molecule has 0 saturated carbocycles. The van der Waals surface area contributed by atoms with E-state index >= 15 is 0 Å². The Hall–Kier alpha value is -1.39. The van der Waals surface area contributed by atoms with E-state index in [2.05, 4.69) is 5.32 Å². The molecule has 0 heterocycles. The molecule has 4 heteroatoms. The first-order valence-corrected chi connectivity index (χ1v) is 5.85. The highest BCUT2D eigenvalue weighted by Crippen LogP contribution is 2.04. The SMILES string of the molecule is CC(CCO)CNC(=O)c1ccc(CN)cc1. The van der Waals surface area contributed by atoms with Gasteiger partial charge in [0.05, 0.1) is 0 Å². The number of rotatable bonds is 6. The highest BCUT2D eigenvalue weighted by molar-refractivity contribution is 5.94. The molecule has 0 radical (unpaired) electrons. The zero-order valence-corrected chi connectivity index (χ0v) is 10.1. The van der Waals surface area contributed by atoms with Gasteiger partial charge in [0, 0.05) is 25.3 Å². The Morgan fingerprint density at radius 1 is 1.41 bits per heavy atom. The van der Waals surface area contributed by atoms with Crippen molar-refractivity contribution < 1.29 is 9.90 Å². The summed E-state index contributed by atoms with van der Waals surface area (Å²) >= 11 is 0. The molecule has 0 saturated heterocycles. The summed E-state index contributed by atoms with van der Waals surface area (Å²) in [5, 5.41) is 11.6. The first-order chi connectivity index (χ1) is 8.17. The fraction of sp³-hybridized carbons (Fsp3) is 0.462. The number of carbonyl (C=O) groups excluding carboxylic acids is 1. The largest absolute Gasteiger partial charge is 0.396 e. The third-order valence-corrected chi connectivity index (χ3v) is 2.68. The third-order valence-electron chi connectivity index (χ3n) is 2.68. The first-order valence-electron chi connectivity index (χ1n) is 5.85. The summed E-state index contributed by atoms with van der Waals surface area (Å²) in [7, 11) is 0. The van der Waals surface area contributed by atoms with E-state index < -0.39 is 0 Å². The van der Waals surface area contributed by atoms with Gasteiger partial charge in [0.25, 0.3) is 5.91 Å². The monoisotopic (exact) mass is 236 g/mol. The number of amides is 1. The van der Waals surface area contributed by atoms with Crippen molar-refractivity contribution >= 4 is 5.91 Å². The molecule has 1 aromatic rings. The lowest BCUT2D eigenvalue weighted by molar-refractivity contribution is 0.0945. The number of nitrogens with one attached hydrogen (secondary N) is 1. The molecule has 94 valence electrons. The van der Waals surface area contributed by atoms with Crippen LogP contribution >= 0.6 is 0 Å². The average molecular weight is 236 g/mol. The molecule has 0 aromatic heterocycles. The van der Waals surface area contributed by atoms with Crippen LogP contribution in [0.3, 0.4) is 0 Å². The number of aliphatic hydroxyl groups excluding tert-OH is 1. The molecule has 0 spiro atoms. The van der Waals surface area contributed by atoms with Crippen LogP contribution in [0, 0.1) is 5.92 Å². The Balaban J connectivity index is 2.46. The number of hydrogen-bond acceptors (Lipinski definition) is 3. The second-order valence-electron chi connectivity index (χ2n) is 4.23. The highest BCUT2D eigenvalue weighted by atomic mass is 16.3. The van der Waals surface area contributed by atoms with Gasteiger partial charge >= 0.3 is 0 Å². The lowest BCUT2D eigenvalue weighted by Crippen LogP contribution is -2.28. The predicted octanol–water partition coefficient (Wildman–Crippen LogP) is 0.894. The Labute approximate surface area is 102 Å². The van der Waals surface area contributed by atoms with Crippen LogP contribution in [0.4, 0.5) is 0 Å².